The molecule has 0 rings (SSSR count). The zero-order valence-electron chi connectivity index (χ0n) is 8.13. The molecule has 0 spiro atoms. The van der Waals surface area contributed by atoms with Gasteiger partial charge in [-0.15, -0.1) is 17.8 Å². The lowest BCUT2D eigenvalue weighted by molar-refractivity contribution is 0.345. The van der Waals surface area contributed by atoms with E-state index < -0.39 is 7.87 Å². The Morgan fingerprint density at radius 2 is 1.79 bits per heavy atom. The van der Waals surface area contributed by atoms with Gasteiger partial charge in [0.05, 0.1) is 25.6 Å². The SMILES string of the molecule is C=CCN(CC=C)[P+](O)(O)CCC#N. The summed E-state index contributed by atoms with van der Waals surface area (Å²) in [6.45, 7) is 7.84. The number of rotatable bonds is 7. The fraction of sp³-hybridized carbons (Fsp3) is 0.444. The molecule has 0 aromatic rings. The molecule has 0 unspecified atom stereocenters. The Labute approximate surface area is 85.3 Å². The molecule has 0 aliphatic rings. The average molecular weight is 215 g/mol. The quantitative estimate of drug-likeness (QED) is 0.496. The molecule has 0 atom stereocenters. The molecule has 0 bridgehead atoms. The summed E-state index contributed by atoms with van der Waals surface area (Å²) in [6.07, 6.45) is 3.44. The van der Waals surface area contributed by atoms with Crippen LogP contribution in [0, 0.1) is 11.3 Å². The van der Waals surface area contributed by atoms with Crippen LogP contribution in [-0.2, 0) is 0 Å². The Hall–Kier alpha value is -0.720. The molecule has 0 saturated heterocycles. The number of hydrogen-bond donors (Lipinski definition) is 2. The maximum absolute atomic E-state index is 9.71. The van der Waals surface area contributed by atoms with Crippen LogP contribution in [-0.4, -0.2) is 33.7 Å². The van der Waals surface area contributed by atoms with E-state index in [9.17, 15) is 9.79 Å². The summed E-state index contributed by atoms with van der Waals surface area (Å²) in [4.78, 5) is 19.4. The predicted molar refractivity (Wildman–Crippen MR) is 58.4 cm³/mol. The lowest BCUT2D eigenvalue weighted by Crippen LogP contribution is -2.26. The van der Waals surface area contributed by atoms with E-state index in [2.05, 4.69) is 13.2 Å². The fourth-order valence-electron chi connectivity index (χ4n) is 0.976. The zero-order valence-corrected chi connectivity index (χ0v) is 9.03. The van der Waals surface area contributed by atoms with Gasteiger partial charge in [0, 0.05) is 0 Å². The molecule has 0 aromatic heterocycles. The third-order valence-electron chi connectivity index (χ3n) is 1.66. The van der Waals surface area contributed by atoms with Gasteiger partial charge in [0.2, 0.25) is 0 Å². The molecule has 0 aromatic carbocycles. The van der Waals surface area contributed by atoms with Gasteiger partial charge in [-0.25, -0.2) is 9.79 Å². The van der Waals surface area contributed by atoms with Crippen molar-refractivity contribution in [2.45, 2.75) is 6.42 Å². The van der Waals surface area contributed by atoms with Gasteiger partial charge in [0.1, 0.15) is 6.16 Å². The molecule has 78 valence electrons. The highest BCUT2D eigenvalue weighted by Gasteiger charge is 2.39. The summed E-state index contributed by atoms with van der Waals surface area (Å²) in [5.41, 5.74) is 0. The van der Waals surface area contributed by atoms with Crippen LogP contribution < -0.4 is 0 Å². The Balaban J connectivity index is 4.35. The summed E-state index contributed by atoms with van der Waals surface area (Å²) in [7, 11) is -3.13. The van der Waals surface area contributed by atoms with E-state index in [1.807, 2.05) is 6.07 Å². The molecule has 0 aliphatic carbocycles. The third-order valence-corrected chi connectivity index (χ3v) is 3.71. The highest BCUT2D eigenvalue weighted by Crippen LogP contribution is 2.53. The molecule has 0 fully saturated rings. The van der Waals surface area contributed by atoms with E-state index in [4.69, 9.17) is 5.26 Å². The van der Waals surface area contributed by atoms with Gasteiger partial charge in [0.25, 0.3) is 0 Å². The van der Waals surface area contributed by atoms with Gasteiger partial charge in [-0.2, -0.15) is 5.26 Å². The molecule has 4 nitrogen and oxygen atoms in total. The van der Waals surface area contributed by atoms with Crippen molar-refractivity contribution in [2.75, 3.05) is 19.3 Å². The third kappa shape index (κ3) is 4.50. The lowest BCUT2D eigenvalue weighted by Gasteiger charge is -2.22. The van der Waals surface area contributed by atoms with Crippen LogP contribution in [0.15, 0.2) is 25.3 Å². The minimum Gasteiger partial charge on any atom is -0.202 e. The van der Waals surface area contributed by atoms with Gasteiger partial charge >= 0.3 is 7.87 Å². The molecule has 0 aliphatic heterocycles. The van der Waals surface area contributed by atoms with Crippen molar-refractivity contribution < 1.29 is 9.79 Å². The first-order chi connectivity index (χ1) is 6.58. The highest BCUT2D eigenvalue weighted by atomic mass is 31.2. The number of hydrogen-bond acceptors (Lipinski definition) is 4. The van der Waals surface area contributed by atoms with E-state index in [0.717, 1.165) is 0 Å². The molecule has 14 heavy (non-hydrogen) atoms. The number of nitrogens with zero attached hydrogens (tertiary/aromatic N) is 2. The molecule has 0 radical (unpaired) electrons. The summed E-state index contributed by atoms with van der Waals surface area (Å²) < 4.78 is 1.49. The summed E-state index contributed by atoms with van der Waals surface area (Å²) >= 11 is 0. The second-order valence-corrected chi connectivity index (χ2v) is 5.17. The van der Waals surface area contributed by atoms with Crippen LogP contribution in [0.1, 0.15) is 6.42 Å². The molecule has 5 heteroatoms. The second-order valence-electron chi connectivity index (χ2n) is 2.77. The maximum Gasteiger partial charge on any atom is 0.344 e. The molecule has 0 heterocycles. The van der Waals surface area contributed by atoms with Crippen LogP contribution in [0.4, 0.5) is 0 Å². The molecule has 2 N–H and O–H groups in total. The van der Waals surface area contributed by atoms with E-state index >= 15 is 0 Å². The van der Waals surface area contributed by atoms with Crippen LogP contribution in [0.3, 0.4) is 0 Å². The van der Waals surface area contributed by atoms with E-state index in [0.29, 0.717) is 13.1 Å². The first kappa shape index (κ1) is 13.3. The monoisotopic (exact) mass is 215 g/mol. The van der Waals surface area contributed by atoms with Gasteiger partial charge in [0.15, 0.2) is 0 Å². The van der Waals surface area contributed by atoms with Crippen molar-refractivity contribution in [2.24, 2.45) is 0 Å². The topological polar surface area (TPSA) is 67.5 Å². The normalized spacial score (nSPS) is 11.0. The van der Waals surface area contributed by atoms with Gasteiger partial charge in [-0.1, -0.05) is 12.2 Å². The van der Waals surface area contributed by atoms with Crippen molar-refractivity contribution in [3.8, 4) is 6.07 Å². The van der Waals surface area contributed by atoms with Crippen molar-refractivity contribution in [1.82, 2.24) is 4.67 Å². The number of nitriles is 1. The first-order valence-corrected chi connectivity index (χ1v) is 6.09. The van der Waals surface area contributed by atoms with Crippen molar-refractivity contribution in [1.29, 1.82) is 5.26 Å². The summed E-state index contributed by atoms with van der Waals surface area (Å²) in [6, 6.07) is 1.89. The van der Waals surface area contributed by atoms with Crippen molar-refractivity contribution >= 4 is 7.87 Å². The van der Waals surface area contributed by atoms with E-state index in [1.165, 1.54) is 4.67 Å². The van der Waals surface area contributed by atoms with Gasteiger partial charge in [-0.3, -0.25) is 0 Å². The highest BCUT2D eigenvalue weighted by molar-refractivity contribution is 7.62. The summed E-state index contributed by atoms with van der Waals surface area (Å²) in [5.74, 6) is 0. The Morgan fingerprint density at radius 3 is 2.14 bits per heavy atom. The van der Waals surface area contributed by atoms with E-state index in [1.54, 1.807) is 12.2 Å². The Kier molecular flexibility index (Phi) is 6.35. The molecule has 0 amide bonds. The minimum absolute atomic E-state index is 0.102. The van der Waals surface area contributed by atoms with Gasteiger partial charge in [-0.05, 0) is 0 Å². The van der Waals surface area contributed by atoms with Crippen LogP contribution >= 0.6 is 7.87 Å². The van der Waals surface area contributed by atoms with Crippen LogP contribution in [0.2, 0.25) is 0 Å². The Bertz CT molecular complexity index is 225. The van der Waals surface area contributed by atoms with Gasteiger partial charge < -0.3 is 0 Å². The molecular weight excluding hydrogens is 199 g/mol. The lowest BCUT2D eigenvalue weighted by atomic mass is 10.5. The maximum atomic E-state index is 9.71. The average Bonchev–Trinajstić information content (AvgIpc) is 2.14. The minimum atomic E-state index is -3.13. The van der Waals surface area contributed by atoms with E-state index in [-0.39, 0.29) is 12.6 Å². The largest absolute Gasteiger partial charge is 0.344 e. The predicted octanol–water partition coefficient (Wildman–Crippen LogP) is 1.32. The summed E-state index contributed by atoms with van der Waals surface area (Å²) in [5, 5.41) is 8.36. The molecular formula is C9H16N2O2P+. The van der Waals surface area contributed by atoms with Crippen LogP contribution in [0.5, 0.6) is 0 Å². The van der Waals surface area contributed by atoms with Crippen molar-refractivity contribution in [3.63, 3.8) is 0 Å². The fourth-order valence-corrected chi connectivity index (χ4v) is 2.41. The van der Waals surface area contributed by atoms with Crippen molar-refractivity contribution in [3.05, 3.63) is 25.3 Å². The smallest absolute Gasteiger partial charge is 0.202 e. The second kappa shape index (κ2) is 6.69. The Morgan fingerprint density at radius 1 is 1.29 bits per heavy atom. The molecule has 0 saturated carbocycles. The van der Waals surface area contributed by atoms with Crippen LogP contribution in [0.25, 0.3) is 0 Å². The standard InChI is InChI=1S/C9H16N2O2P/c1-3-7-11(8-4-2)14(12,13)9-5-6-10/h3-4,12-13H,1-2,5,7-9H2/q+1. The zero-order chi connectivity index (χ0) is 11.0. The first-order valence-electron chi connectivity index (χ1n) is 4.26.